The molecule has 4 aromatic heterocycles. The molecule has 4 aromatic rings. The summed E-state index contributed by atoms with van der Waals surface area (Å²) in [5.74, 6) is 0. The number of nitrogens with zero attached hydrogens (tertiary/aromatic N) is 7. The fourth-order valence-corrected chi connectivity index (χ4v) is 1.07. The van der Waals surface area contributed by atoms with Crippen LogP contribution in [0.4, 0.5) is 0 Å². The summed E-state index contributed by atoms with van der Waals surface area (Å²) in [5.41, 5.74) is 0. The van der Waals surface area contributed by atoms with E-state index in [1.165, 1.54) is 6.33 Å². The van der Waals surface area contributed by atoms with Gasteiger partial charge < -0.3 is 21.9 Å². The first-order chi connectivity index (χ1) is 28.0. The molecule has 0 amide bonds. The Balaban J connectivity index is -0.0000000160. The maximum Gasteiger partial charge on any atom is 0.115 e. The molecule has 0 spiro atoms. The van der Waals surface area contributed by atoms with Gasteiger partial charge in [-0.05, 0) is 30.3 Å². The molecule has 0 aliphatic rings. The normalized spacial score (nSPS) is 4.80. The lowest BCUT2D eigenvalue weighted by Crippen LogP contribution is -1.69. The maximum absolute atomic E-state index is 3.78. The highest BCUT2D eigenvalue weighted by atomic mass is 16.0. The third-order valence-electron chi connectivity index (χ3n) is 2.00. The summed E-state index contributed by atoms with van der Waals surface area (Å²) in [7, 11) is 0. The van der Waals surface area contributed by atoms with Gasteiger partial charge in [0.1, 0.15) is 6.33 Å². The van der Waals surface area contributed by atoms with Crippen molar-refractivity contribution in [3.8, 4) is 0 Å². The predicted octanol–water partition coefficient (Wildman–Crippen LogP) is 15.6. The Morgan fingerprint density at radius 2 is 0.333 bits per heavy atom. The van der Waals surface area contributed by atoms with Crippen molar-refractivity contribution in [1.82, 2.24) is 35.1 Å². The van der Waals surface area contributed by atoms with Gasteiger partial charge in [0, 0.05) is 62.0 Å². The Hall–Kier alpha value is -3.77. The van der Waals surface area contributed by atoms with E-state index in [9.17, 15) is 0 Å². The largest absolute Gasteiger partial charge is 0.412 e. The van der Waals surface area contributed by atoms with Crippen LogP contribution in [-0.4, -0.2) is 57.0 Å². The molecule has 4 heterocycles. The highest BCUT2D eigenvalue weighted by molar-refractivity contribution is 4.88. The molecular weight excluding hydrogens is 751 g/mol. The number of hydrogen-bond acceptors (Lipinski definition) is 7. The Morgan fingerprint density at radius 3 is 0.400 bits per heavy atom. The highest BCUT2D eigenvalue weighted by Gasteiger charge is 1.61. The minimum Gasteiger partial charge on any atom is -0.412 e. The van der Waals surface area contributed by atoms with Crippen LogP contribution in [0.5, 0.6) is 0 Å². The first-order valence-corrected chi connectivity index (χ1v) is 23.0. The van der Waals surface area contributed by atoms with Gasteiger partial charge in [0.15, 0.2) is 0 Å². The highest BCUT2D eigenvalue weighted by Crippen LogP contribution is 1.73. The Bertz CT molecular complexity index is 465. The molecule has 11 heteroatoms. The van der Waals surface area contributed by atoms with Crippen LogP contribution in [0, 0.1) is 0 Å². The van der Waals surface area contributed by atoms with Gasteiger partial charge in [0.05, 0.1) is 0 Å². The lowest BCUT2D eigenvalue weighted by Gasteiger charge is -1.70. The van der Waals surface area contributed by atoms with Gasteiger partial charge in [-0.3, -0.25) is 15.0 Å². The summed E-state index contributed by atoms with van der Waals surface area (Å²) < 4.78 is 0. The second-order valence-electron chi connectivity index (χ2n) is 3.74. The first-order valence-electron chi connectivity index (χ1n) is 23.0. The van der Waals surface area contributed by atoms with E-state index >= 15 is 0 Å². The van der Waals surface area contributed by atoms with E-state index in [1.54, 1.807) is 68.0 Å². The number of rotatable bonds is 0. The molecule has 0 unspecified atom stereocenters. The summed E-state index contributed by atoms with van der Waals surface area (Å²) in [5, 5.41) is 7.07. The Morgan fingerprint density at radius 1 is 0.167 bits per heavy atom. The van der Waals surface area contributed by atoms with E-state index in [1.807, 2.05) is 252 Å². The molecule has 60 heavy (non-hydrogen) atoms. The molecule has 8 N–H and O–H groups in total. The Kier molecular flexibility index (Phi) is 864. The topological polar surface area (TPSA) is 216 Å². The molecule has 0 bridgehead atoms. The molecule has 376 valence electrons. The maximum atomic E-state index is 3.78. The molecule has 0 aromatic carbocycles. The summed E-state index contributed by atoms with van der Waals surface area (Å²) in [6.45, 7) is 64.0. The number of hydrogen-bond donors (Lipinski definition) is 0. The van der Waals surface area contributed by atoms with Crippen LogP contribution in [0.15, 0.2) is 105 Å². The van der Waals surface area contributed by atoms with Crippen molar-refractivity contribution in [2.24, 2.45) is 0 Å². The van der Waals surface area contributed by atoms with Crippen molar-refractivity contribution in [2.45, 2.75) is 222 Å². The molecule has 11 nitrogen and oxygen atoms in total. The molecule has 0 saturated heterocycles. The van der Waals surface area contributed by atoms with Gasteiger partial charge in [-0.2, -0.15) is 10.2 Å². The quantitative estimate of drug-likeness (QED) is 0.166. The molecule has 0 aliphatic carbocycles. The van der Waals surface area contributed by atoms with E-state index in [4.69, 9.17) is 0 Å². The second kappa shape index (κ2) is 397. The molecule has 0 aliphatic heterocycles. The molecule has 0 atom stereocenters. The van der Waals surface area contributed by atoms with Crippen LogP contribution in [-0.2, 0) is 0 Å². The SMILES string of the molecule is CC.CC.CC.CC.CC.CC.CC.CC.CC.CC.CC.CC.CC.CC.CC.CC.O.O.O.O.c1ccncc1.c1ccnnc1.c1cnccn1.c1cncnc1. The Labute approximate surface area is 382 Å². The van der Waals surface area contributed by atoms with Crippen molar-refractivity contribution in [3.63, 3.8) is 0 Å². The monoisotopic (exact) mass is 872 g/mol. The first kappa shape index (κ1) is 131. The summed E-state index contributed by atoms with van der Waals surface area (Å²) >= 11 is 0. The molecule has 0 fully saturated rings. The fourth-order valence-electron chi connectivity index (χ4n) is 1.07. The van der Waals surface area contributed by atoms with Gasteiger partial charge in [-0.1, -0.05) is 228 Å². The smallest absolute Gasteiger partial charge is 0.115 e. The van der Waals surface area contributed by atoms with E-state index in [2.05, 4.69) is 35.1 Å². The van der Waals surface area contributed by atoms with Gasteiger partial charge in [-0.25, -0.2) is 9.97 Å². The standard InChI is InChI=1S/C5H5N.3C4H4N2.16C2H6.4H2O/c1-2-4-6-5-3-1;1-2-6-4-3-5-1;1-2-5-4-6-3-1;1-2-4-6-5-3-1;16*1-2;;;;/h1-5H;3*1-4H;16*1-2H3;4*1H2. The average molecular weight is 873 g/mol. The van der Waals surface area contributed by atoms with Gasteiger partial charge >= 0.3 is 0 Å². The zero-order valence-electron chi connectivity index (χ0n) is 46.9. The fraction of sp³-hybridized carbons (Fsp3) is 0.653. The molecular formula is C49H121N7O4. The number of pyridine rings is 1. The summed E-state index contributed by atoms with van der Waals surface area (Å²) in [6.07, 6.45) is 18.2. The van der Waals surface area contributed by atoms with Gasteiger partial charge in [0.25, 0.3) is 0 Å². The zero-order chi connectivity index (χ0) is 49.0. The summed E-state index contributed by atoms with van der Waals surface area (Å²) in [6, 6.07) is 11.1. The third-order valence-corrected chi connectivity index (χ3v) is 2.00. The lowest BCUT2D eigenvalue weighted by atomic mass is 10.5. The molecule has 0 radical (unpaired) electrons. The van der Waals surface area contributed by atoms with E-state index < -0.39 is 0 Å². The van der Waals surface area contributed by atoms with Crippen LogP contribution in [0.3, 0.4) is 0 Å². The van der Waals surface area contributed by atoms with Crippen molar-refractivity contribution in [3.05, 3.63) is 105 Å². The summed E-state index contributed by atoms with van der Waals surface area (Å²) in [4.78, 5) is 18.6. The van der Waals surface area contributed by atoms with Crippen LogP contribution in [0.1, 0.15) is 222 Å². The van der Waals surface area contributed by atoms with Crippen molar-refractivity contribution in [1.29, 1.82) is 0 Å². The van der Waals surface area contributed by atoms with Gasteiger partial charge in [-0.15, -0.1) is 0 Å². The number of aromatic nitrogens is 7. The molecule has 0 saturated carbocycles. The average Bonchev–Trinajstić information content (AvgIpc) is 3.41. The van der Waals surface area contributed by atoms with Crippen LogP contribution in [0.25, 0.3) is 0 Å². The lowest BCUT2D eigenvalue weighted by molar-refractivity contribution is 0.823. The van der Waals surface area contributed by atoms with Crippen molar-refractivity contribution >= 4 is 0 Å². The molecule has 4 rings (SSSR count). The van der Waals surface area contributed by atoms with E-state index in [0.29, 0.717) is 0 Å². The zero-order valence-corrected chi connectivity index (χ0v) is 46.9. The minimum atomic E-state index is 0. The minimum absolute atomic E-state index is 0. The van der Waals surface area contributed by atoms with Gasteiger partial charge in [0.2, 0.25) is 0 Å². The van der Waals surface area contributed by atoms with Crippen molar-refractivity contribution in [2.75, 3.05) is 0 Å². The van der Waals surface area contributed by atoms with E-state index in [-0.39, 0.29) is 21.9 Å². The van der Waals surface area contributed by atoms with Crippen LogP contribution >= 0.6 is 0 Å². The van der Waals surface area contributed by atoms with E-state index in [0.717, 1.165) is 0 Å². The second-order valence-corrected chi connectivity index (χ2v) is 3.74. The third kappa shape index (κ3) is 375. The predicted molar refractivity (Wildman–Crippen MR) is 286 cm³/mol. The van der Waals surface area contributed by atoms with Crippen LogP contribution in [0.2, 0.25) is 0 Å². The van der Waals surface area contributed by atoms with Crippen molar-refractivity contribution < 1.29 is 21.9 Å². The van der Waals surface area contributed by atoms with Crippen LogP contribution < -0.4 is 0 Å².